The molecule has 4 heteroatoms. The molecule has 1 atom stereocenters. The molecule has 0 fully saturated rings. The van der Waals surface area contributed by atoms with Crippen molar-refractivity contribution in [3.8, 4) is 5.75 Å². The molecule has 0 aromatic heterocycles. The maximum Gasteiger partial charge on any atom is 0.246 e. The minimum absolute atomic E-state index is 0.0768. The third-order valence-corrected chi connectivity index (χ3v) is 2.91. The Hall–Kier alpha value is -2.49. The Balaban J connectivity index is 1.93. The highest BCUT2D eigenvalue weighted by molar-refractivity contribution is 5.96. The van der Waals surface area contributed by atoms with Gasteiger partial charge in [-0.15, -0.1) is 0 Å². The molecule has 0 aliphatic carbocycles. The molecule has 0 radical (unpaired) electrons. The molecule has 2 rings (SSSR count). The Morgan fingerprint density at radius 2 is 1.65 bits per heavy atom. The molecule has 0 aliphatic rings. The number of ether oxygens (including phenoxy) is 1. The van der Waals surface area contributed by atoms with E-state index in [0.717, 1.165) is 17.1 Å². The van der Waals surface area contributed by atoms with Crippen LogP contribution >= 0.6 is 0 Å². The molecule has 2 N–H and O–H groups in total. The van der Waals surface area contributed by atoms with Crippen LogP contribution in [0.3, 0.4) is 0 Å². The number of nitrogens with one attached hydrogen (secondary N) is 2. The van der Waals surface area contributed by atoms with Crippen molar-refractivity contribution in [1.29, 1.82) is 0 Å². The summed E-state index contributed by atoms with van der Waals surface area (Å²) in [5.41, 5.74) is 1.67. The highest BCUT2D eigenvalue weighted by Gasteiger charge is 2.12. The second kappa shape index (κ2) is 6.61. The summed E-state index contributed by atoms with van der Waals surface area (Å²) in [6, 6.07) is 16.5. The van der Waals surface area contributed by atoms with Crippen LogP contribution in [-0.4, -0.2) is 19.1 Å². The Morgan fingerprint density at radius 1 is 1.00 bits per heavy atom. The van der Waals surface area contributed by atoms with E-state index in [-0.39, 0.29) is 11.9 Å². The van der Waals surface area contributed by atoms with Crippen molar-refractivity contribution in [2.24, 2.45) is 0 Å². The van der Waals surface area contributed by atoms with E-state index in [0.29, 0.717) is 0 Å². The number of methoxy groups -OCH3 is 1. The van der Waals surface area contributed by atoms with Crippen molar-refractivity contribution < 1.29 is 9.53 Å². The van der Waals surface area contributed by atoms with Gasteiger partial charge in [0, 0.05) is 11.4 Å². The van der Waals surface area contributed by atoms with Crippen LogP contribution in [0.1, 0.15) is 6.92 Å². The van der Waals surface area contributed by atoms with Crippen LogP contribution in [0.25, 0.3) is 0 Å². The number of rotatable bonds is 5. The molecule has 20 heavy (non-hydrogen) atoms. The Morgan fingerprint density at radius 3 is 2.25 bits per heavy atom. The van der Waals surface area contributed by atoms with E-state index in [1.54, 1.807) is 7.11 Å². The summed E-state index contributed by atoms with van der Waals surface area (Å²) in [6.45, 7) is 1.82. The van der Waals surface area contributed by atoms with Gasteiger partial charge < -0.3 is 15.4 Å². The maximum atomic E-state index is 12.0. The number of benzene rings is 2. The van der Waals surface area contributed by atoms with Crippen molar-refractivity contribution in [1.82, 2.24) is 0 Å². The van der Waals surface area contributed by atoms with E-state index in [1.165, 1.54) is 0 Å². The molecule has 0 saturated heterocycles. The van der Waals surface area contributed by atoms with Crippen LogP contribution in [0.4, 0.5) is 11.4 Å². The second-order valence-corrected chi connectivity index (χ2v) is 4.45. The van der Waals surface area contributed by atoms with Gasteiger partial charge in [0.15, 0.2) is 0 Å². The van der Waals surface area contributed by atoms with Gasteiger partial charge in [-0.1, -0.05) is 18.2 Å². The number of hydrogen-bond acceptors (Lipinski definition) is 3. The average Bonchev–Trinajstić information content (AvgIpc) is 2.49. The van der Waals surface area contributed by atoms with Crippen molar-refractivity contribution in [3.05, 3.63) is 54.6 Å². The van der Waals surface area contributed by atoms with E-state index < -0.39 is 0 Å². The van der Waals surface area contributed by atoms with Crippen LogP contribution in [0.2, 0.25) is 0 Å². The van der Waals surface area contributed by atoms with E-state index in [4.69, 9.17) is 4.74 Å². The van der Waals surface area contributed by atoms with Crippen LogP contribution in [0.5, 0.6) is 5.75 Å². The molecule has 0 aliphatic heterocycles. The SMILES string of the molecule is COc1ccc(N[C@H](C)C(=O)Nc2ccccc2)cc1. The van der Waals surface area contributed by atoms with Gasteiger partial charge in [0.2, 0.25) is 5.91 Å². The lowest BCUT2D eigenvalue weighted by Crippen LogP contribution is -2.31. The zero-order valence-electron chi connectivity index (χ0n) is 11.6. The number of carbonyl (C=O) groups excluding carboxylic acids is 1. The fourth-order valence-electron chi connectivity index (χ4n) is 1.77. The largest absolute Gasteiger partial charge is 0.497 e. The normalized spacial score (nSPS) is 11.5. The highest BCUT2D eigenvalue weighted by Crippen LogP contribution is 2.16. The number of hydrogen-bond donors (Lipinski definition) is 2. The fourth-order valence-corrected chi connectivity index (χ4v) is 1.77. The molecule has 0 unspecified atom stereocenters. The predicted octanol–water partition coefficient (Wildman–Crippen LogP) is 3.13. The Bertz CT molecular complexity index is 552. The fraction of sp³-hybridized carbons (Fsp3) is 0.188. The van der Waals surface area contributed by atoms with Gasteiger partial charge >= 0.3 is 0 Å². The lowest BCUT2D eigenvalue weighted by atomic mass is 10.2. The summed E-state index contributed by atoms with van der Waals surface area (Å²) in [5, 5.41) is 6.00. The first kappa shape index (κ1) is 13.9. The maximum absolute atomic E-state index is 12.0. The summed E-state index contributed by atoms with van der Waals surface area (Å²) < 4.78 is 5.09. The topological polar surface area (TPSA) is 50.4 Å². The summed E-state index contributed by atoms with van der Waals surface area (Å²) in [7, 11) is 1.62. The van der Waals surface area contributed by atoms with Crippen LogP contribution in [0.15, 0.2) is 54.6 Å². The summed E-state index contributed by atoms with van der Waals surface area (Å²) >= 11 is 0. The van der Waals surface area contributed by atoms with E-state index in [1.807, 2.05) is 61.5 Å². The first-order valence-corrected chi connectivity index (χ1v) is 6.45. The van der Waals surface area contributed by atoms with E-state index in [9.17, 15) is 4.79 Å². The molecule has 0 bridgehead atoms. The quantitative estimate of drug-likeness (QED) is 0.877. The van der Waals surface area contributed by atoms with Crippen molar-refractivity contribution in [2.75, 3.05) is 17.7 Å². The first-order valence-electron chi connectivity index (χ1n) is 6.45. The lowest BCUT2D eigenvalue weighted by Gasteiger charge is -2.15. The van der Waals surface area contributed by atoms with Crippen molar-refractivity contribution >= 4 is 17.3 Å². The number of para-hydroxylation sites is 1. The number of amides is 1. The lowest BCUT2D eigenvalue weighted by molar-refractivity contribution is -0.116. The molecule has 1 amide bonds. The molecular weight excluding hydrogens is 252 g/mol. The predicted molar refractivity (Wildman–Crippen MR) is 81.2 cm³/mol. The van der Waals surface area contributed by atoms with Crippen LogP contribution in [-0.2, 0) is 4.79 Å². The summed E-state index contributed by atoms with van der Waals surface area (Å²) in [4.78, 5) is 12.0. The van der Waals surface area contributed by atoms with Gasteiger partial charge in [0.25, 0.3) is 0 Å². The van der Waals surface area contributed by atoms with E-state index in [2.05, 4.69) is 10.6 Å². The van der Waals surface area contributed by atoms with Crippen LogP contribution < -0.4 is 15.4 Å². The third kappa shape index (κ3) is 3.75. The van der Waals surface area contributed by atoms with Gasteiger partial charge in [-0.05, 0) is 43.3 Å². The highest BCUT2D eigenvalue weighted by atomic mass is 16.5. The first-order chi connectivity index (χ1) is 9.69. The molecular formula is C16H18N2O2. The molecule has 2 aromatic carbocycles. The molecule has 4 nitrogen and oxygen atoms in total. The number of carbonyl (C=O) groups is 1. The monoisotopic (exact) mass is 270 g/mol. The Labute approximate surface area is 118 Å². The zero-order valence-corrected chi connectivity index (χ0v) is 11.6. The summed E-state index contributed by atoms with van der Waals surface area (Å²) in [6.07, 6.45) is 0. The average molecular weight is 270 g/mol. The molecule has 0 saturated carbocycles. The minimum Gasteiger partial charge on any atom is -0.497 e. The molecule has 0 heterocycles. The standard InChI is InChI=1S/C16H18N2O2/c1-12(16(19)18-13-6-4-3-5-7-13)17-14-8-10-15(20-2)11-9-14/h3-12,17H,1-2H3,(H,18,19)/t12-/m1/s1. The zero-order chi connectivity index (χ0) is 14.4. The van der Waals surface area contributed by atoms with E-state index >= 15 is 0 Å². The molecule has 2 aromatic rings. The van der Waals surface area contributed by atoms with Gasteiger partial charge in [-0.25, -0.2) is 0 Å². The van der Waals surface area contributed by atoms with Gasteiger partial charge in [0.05, 0.1) is 7.11 Å². The smallest absolute Gasteiger partial charge is 0.246 e. The minimum atomic E-state index is -0.330. The van der Waals surface area contributed by atoms with Gasteiger partial charge in [-0.2, -0.15) is 0 Å². The summed E-state index contributed by atoms with van der Waals surface area (Å²) in [5.74, 6) is 0.712. The molecule has 104 valence electrons. The second-order valence-electron chi connectivity index (χ2n) is 4.45. The third-order valence-electron chi connectivity index (χ3n) is 2.91. The molecule has 0 spiro atoms. The van der Waals surface area contributed by atoms with Crippen molar-refractivity contribution in [2.45, 2.75) is 13.0 Å². The Kier molecular flexibility index (Phi) is 4.60. The van der Waals surface area contributed by atoms with Crippen LogP contribution in [0, 0.1) is 0 Å². The van der Waals surface area contributed by atoms with Gasteiger partial charge in [0.1, 0.15) is 11.8 Å². The number of anilines is 2. The van der Waals surface area contributed by atoms with Crippen molar-refractivity contribution in [3.63, 3.8) is 0 Å². The van der Waals surface area contributed by atoms with Gasteiger partial charge in [-0.3, -0.25) is 4.79 Å².